The molecule has 0 aliphatic carbocycles. The van der Waals surface area contributed by atoms with Gasteiger partial charge in [-0.3, -0.25) is 9.59 Å². The Balaban J connectivity index is 1.47. The Morgan fingerprint density at radius 1 is 0.667 bits per heavy atom. The van der Waals surface area contributed by atoms with Crippen molar-refractivity contribution in [3.05, 3.63) is 120 Å². The average molecular weight is 765 g/mol. The van der Waals surface area contributed by atoms with Gasteiger partial charge in [0.1, 0.15) is 24.4 Å². The van der Waals surface area contributed by atoms with E-state index in [1.807, 2.05) is 97.3 Å². The van der Waals surface area contributed by atoms with Gasteiger partial charge in [-0.05, 0) is 35.8 Å². The lowest BCUT2D eigenvalue weighted by molar-refractivity contribution is -0.334. The van der Waals surface area contributed by atoms with E-state index in [1.54, 1.807) is 17.8 Å². The summed E-state index contributed by atoms with van der Waals surface area (Å²) in [7, 11) is 0. The van der Waals surface area contributed by atoms with Crippen LogP contribution in [0.1, 0.15) is 43.4 Å². The van der Waals surface area contributed by atoms with E-state index in [-0.39, 0.29) is 26.4 Å². The summed E-state index contributed by atoms with van der Waals surface area (Å²) >= 11 is 1.62. The third-order valence-electron chi connectivity index (χ3n) is 8.88. The molecule has 9 atom stereocenters. The first-order valence-electron chi connectivity index (χ1n) is 18.3. The number of esters is 2. The van der Waals surface area contributed by atoms with Gasteiger partial charge in [0.2, 0.25) is 0 Å². The minimum atomic E-state index is -1.16. The fourth-order valence-electron chi connectivity index (χ4n) is 6.41. The molecule has 292 valence electrons. The number of carbonyl (C=O) groups excluding carboxylic acids is 2. The van der Waals surface area contributed by atoms with Crippen LogP contribution in [0.15, 0.2) is 104 Å². The molecule has 2 saturated heterocycles. The van der Waals surface area contributed by atoms with E-state index in [0.717, 1.165) is 16.7 Å². The Morgan fingerprint density at radius 2 is 1.20 bits per heavy atom. The molecule has 3 aromatic carbocycles. The molecule has 0 bridgehead atoms. The number of thioether (sulfide) groups is 1. The van der Waals surface area contributed by atoms with Gasteiger partial charge in [-0.25, -0.2) is 0 Å². The summed E-state index contributed by atoms with van der Waals surface area (Å²) < 4.78 is 57.3. The van der Waals surface area contributed by atoms with Gasteiger partial charge in [0.15, 0.2) is 24.8 Å². The predicted molar refractivity (Wildman–Crippen MR) is 203 cm³/mol. The van der Waals surface area contributed by atoms with E-state index in [1.165, 1.54) is 13.8 Å². The second-order valence-electron chi connectivity index (χ2n) is 13.1. The molecule has 2 aliphatic rings. The third-order valence-corrected chi connectivity index (χ3v) is 9.55. The summed E-state index contributed by atoms with van der Waals surface area (Å²) in [5, 5.41) is 0. The lowest BCUT2D eigenvalue weighted by atomic mass is 9.97. The van der Waals surface area contributed by atoms with Crippen molar-refractivity contribution < 1.29 is 52.2 Å². The van der Waals surface area contributed by atoms with Crippen LogP contribution in [0.4, 0.5) is 0 Å². The Bertz CT molecular complexity index is 1550. The van der Waals surface area contributed by atoms with Gasteiger partial charge in [-0.15, -0.1) is 6.58 Å². The molecule has 0 saturated carbocycles. The maximum atomic E-state index is 12.7. The third kappa shape index (κ3) is 12.5. The van der Waals surface area contributed by atoms with Gasteiger partial charge in [0.25, 0.3) is 0 Å². The highest BCUT2D eigenvalue weighted by Crippen LogP contribution is 2.36. The van der Waals surface area contributed by atoms with Gasteiger partial charge >= 0.3 is 11.9 Å². The standard InChI is InChI=1S/C42H52O11S/c1-5-6-16-23-46-41-40(50-30(3)44)38(49-29(2)43)37(34(51-41)27-45-24-31-17-10-7-11-18-31)53-42-39(48-26-33-21-14-9-15-22-33)36(35(52-42)28-54-4)47-25-32-19-12-8-13-20-32/h5,7-15,17-22,34-42H,1,6,16,23-28H2,2-4H3/t34-,35-,36+,37-,38+,39-,40+,41+,42+/m1/s1. The van der Waals surface area contributed by atoms with Crippen molar-refractivity contribution in [3.63, 3.8) is 0 Å². The van der Waals surface area contributed by atoms with Crippen LogP contribution in [-0.4, -0.2) is 92.5 Å². The Kier molecular flexibility index (Phi) is 17.0. The monoisotopic (exact) mass is 764 g/mol. The van der Waals surface area contributed by atoms with Crippen molar-refractivity contribution in [1.82, 2.24) is 0 Å². The van der Waals surface area contributed by atoms with Crippen molar-refractivity contribution in [2.75, 3.05) is 25.2 Å². The summed E-state index contributed by atoms with van der Waals surface area (Å²) in [6, 6.07) is 29.4. The van der Waals surface area contributed by atoms with Gasteiger partial charge in [-0.1, -0.05) is 97.1 Å². The molecule has 0 spiro atoms. The van der Waals surface area contributed by atoms with E-state index in [0.29, 0.717) is 25.2 Å². The summed E-state index contributed by atoms with van der Waals surface area (Å²) in [6.07, 6.45) is -2.81. The first-order chi connectivity index (χ1) is 26.4. The van der Waals surface area contributed by atoms with Crippen LogP contribution in [0.3, 0.4) is 0 Å². The Morgan fingerprint density at radius 3 is 1.76 bits per heavy atom. The number of ether oxygens (including phenoxy) is 9. The highest BCUT2D eigenvalue weighted by Gasteiger charge is 2.55. The summed E-state index contributed by atoms with van der Waals surface area (Å²) in [5.74, 6) is -0.608. The molecule has 0 unspecified atom stereocenters. The second-order valence-corrected chi connectivity index (χ2v) is 14.0. The average Bonchev–Trinajstić information content (AvgIpc) is 3.50. The van der Waals surface area contributed by atoms with Crippen LogP contribution in [-0.2, 0) is 72.0 Å². The van der Waals surface area contributed by atoms with E-state index in [4.69, 9.17) is 42.6 Å². The van der Waals surface area contributed by atoms with Crippen molar-refractivity contribution in [2.24, 2.45) is 0 Å². The molecule has 54 heavy (non-hydrogen) atoms. The second kappa shape index (κ2) is 22.1. The van der Waals surface area contributed by atoms with Crippen molar-refractivity contribution in [2.45, 2.75) is 102 Å². The van der Waals surface area contributed by atoms with E-state index >= 15 is 0 Å². The van der Waals surface area contributed by atoms with E-state index in [9.17, 15) is 9.59 Å². The van der Waals surface area contributed by atoms with Gasteiger partial charge < -0.3 is 42.6 Å². The Hall–Kier alpha value is -3.59. The van der Waals surface area contributed by atoms with E-state index in [2.05, 4.69) is 6.58 Å². The fourth-order valence-corrected chi connectivity index (χ4v) is 7.01. The fraction of sp³-hybridized carbons (Fsp3) is 0.476. The normalized spacial score (nSPS) is 26.6. The van der Waals surface area contributed by atoms with Crippen molar-refractivity contribution in [3.8, 4) is 0 Å². The largest absolute Gasteiger partial charge is 0.455 e. The number of rotatable bonds is 21. The minimum absolute atomic E-state index is 0.0288. The molecular formula is C42H52O11S. The zero-order valence-electron chi connectivity index (χ0n) is 31.2. The van der Waals surface area contributed by atoms with Crippen LogP contribution >= 0.6 is 11.8 Å². The predicted octanol–water partition coefficient (Wildman–Crippen LogP) is 6.42. The highest BCUT2D eigenvalue weighted by molar-refractivity contribution is 7.98. The molecule has 2 fully saturated rings. The number of unbranched alkanes of at least 4 members (excludes halogenated alkanes) is 1. The molecule has 0 aromatic heterocycles. The van der Waals surface area contributed by atoms with Gasteiger partial charge in [0, 0.05) is 19.6 Å². The van der Waals surface area contributed by atoms with Crippen LogP contribution in [0, 0.1) is 0 Å². The first kappa shape index (κ1) is 41.6. The molecule has 5 rings (SSSR count). The number of allylic oxidation sites excluding steroid dienone is 1. The molecule has 3 aromatic rings. The van der Waals surface area contributed by atoms with E-state index < -0.39 is 67.2 Å². The van der Waals surface area contributed by atoms with Crippen LogP contribution in [0.5, 0.6) is 0 Å². The quantitative estimate of drug-likeness (QED) is 0.0678. The molecular weight excluding hydrogens is 713 g/mol. The van der Waals surface area contributed by atoms with Crippen LogP contribution < -0.4 is 0 Å². The zero-order valence-corrected chi connectivity index (χ0v) is 32.0. The molecule has 12 heteroatoms. The topological polar surface area (TPSA) is 117 Å². The lowest BCUT2D eigenvalue weighted by Gasteiger charge is -2.45. The lowest BCUT2D eigenvalue weighted by Crippen LogP contribution is -2.63. The first-order valence-corrected chi connectivity index (χ1v) is 19.7. The number of carbonyl (C=O) groups is 2. The summed E-state index contributed by atoms with van der Waals surface area (Å²) in [4.78, 5) is 25.3. The minimum Gasteiger partial charge on any atom is -0.455 e. The molecule has 11 nitrogen and oxygen atoms in total. The van der Waals surface area contributed by atoms with Crippen molar-refractivity contribution in [1.29, 1.82) is 0 Å². The Labute approximate surface area is 322 Å². The zero-order chi connectivity index (χ0) is 38.1. The number of hydrogen-bond acceptors (Lipinski definition) is 12. The number of hydrogen-bond donors (Lipinski definition) is 0. The van der Waals surface area contributed by atoms with Crippen LogP contribution in [0.2, 0.25) is 0 Å². The molecule has 0 radical (unpaired) electrons. The molecule has 2 heterocycles. The number of benzene rings is 3. The maximum Gasteiger partial charge on any atom is 0.303 e. The smallest absolute Gasteiger partial charge is 0.303 e. The summed E-state index contributed by atoms with van der Waals surface area (Å²) in [6.45, 7) is 7.54. The molecule has 0 amide bonds. The maximum absolute atomic E-state index is 12.7. The SMILES string of the molecule is C=CCCCO[C@H]1O[C@H](COCc2ccccc2)[C@@H](O[C@@H]2O[C@H](CSC)[C@H](OCc3ccccc3)[C@H]2OCc2ccccc2)[C@H](OC(C)=O)[C@@H]1OC(C)=O. The molecule has 2 aliphatic heterocycles. The summed E-state index contributed by atoms with van der Waals surface area (Å²) in [5.41, 5.74) is 2.93. The molecule has 0 N–H and O–H groups in total. The van der Waals surface area contributed by atoms with Crippen molar-refractivity contribution >= 4 is 23.7 Å². The van der Waals surface area contributed by atoms with Gasteiger partial charge in [0.05, 0.1) is 39.1 Å². The van der Waals surface area contributed by atoms with Gasteiger partial charge in [-0.2, -0.15) is 11.8 Å². The highest BCUT2D eigenvalue weighted by atomic mass is 32.2. The van der Waals surface area contributed by atoms with Crippen LogP contribution in [0.25, 0.3) is 0 Å².